The number of hydrogen-bond acceptors (Lipinski definition) is 6. The number of amides is 1. The molecule has 3 unspecified atom stereocenters. The summed E-state index contributed by atoms with van der Waals surface area (Å²) in [5, 5.41) is 23.5. The highest BCUT2D eigenvalue weighted by atomic mass is 19.4. The van der Waals surface area contributed by atoms with Crippen LogP contribution in [0.25, 0.3) is 0 Å². The van der Waals surface area contributed by atoms with Gasteiger partial charge in [0.05, 0.1) is 28.7 Å². The molecular formula is C18H17F3N4O3. The molecule has 7 nitrogen and oxygen atoms in total. The summed E-state index contributed by atoms with van der Waals surface area (Å²) in [6.45, 7) is 3.36. The van der Waals surface area contributed by atoms with Crippen molar-refractivity contribution in [3.63, 3.8) is 0 Å². The van der Waals surface area contributed by atoms with Crippen LogP contribution in [-0.2, 0) is 15.7 Å². The number of rotatable bonds is 2. The molecule has 0 aliphatic carbocycles. The van der Waals surface area contributed by atoms with Crippen molar-refractivity contribution in [3.8, 4) is 6.07 Å². The van der Waals surface area contributed by atoms with Crippen LogP contribution in [0.2, 0.25) is 0 Å². The first-order chi connectivity index (χ1) is 12.9. The number of fused-ring (bicyclic) bond motifs is 5. The normalized spacial score (nSPS) is 39.2. The maximum atomic E-state index is 13.3. The Morgan fingerprint density at radius 3 is 2.61 bits per heavy atom. The summed E-state index contributed by atoms with van der Waals surface area (Å²) in [4.78, 5) is 14.2. The van der Waals surface area contributed by atoms with Gasteiger partial charge in [-0.1, -0.05) is 0 Å². The molecule has 148 valence electrons. The van der Waals surface area contributed by atoms with Gasteiger partial charge >= 0.3 is 6.18 Å². The van der Waals surface area contributed by atoms with Crippen LogP contribution in [0.1, 0.15) is 37.8 Å². The van der Waals surface area contributed by atoms with Crippen LogP contribution in [0.3, 0.4) is 0 Å². The molecule has 3 saturated heterocycles. The number of halogens is 3. The molecule has 28 heavy (non-hydrogen) atoms. The van der Waals surface area contributed by atoms with Crippen molar-refractivity contribution in [1.29, 1.82) is 10.8 Å². The molecule has 1 aromatic carbocycles. The molecule has 0 radical (unpaired) electrons. The third-order valence-electron chi connectivity index (χ3n) is 6.46. The third-order valence-corrected chi connectivity index (χ3v) is 6.46. The van der Waals surface area contributed by atoms with E-state index in [1.807, 2.05) is 0 Å². The minimum absolute atomic E-state index is 0.201. The van der Waals surface area contributed by atoms with Gasteiger partial charge in [0.15, 0.2) is 5.54 Å². The highest BCUT2D eigenvalue weighted by Crippen LogP contribution is 2.65. The molecule has 3 aliphatic heterocycles. The van der Waals surface area contributed by atoms with E-state index in [0.29, 0.717) is 18.9 Å². The average molecular weight is 394 g/mol. The molecule has 10 heteroatoms. The number of alkyl halides is 3. The van der Waals surface area contributed by atoms with Gasteiger partial charge < -0.3 is 9.84 Å². The van der Waals surface area contributed by atoms with Gasteiger partial charge in [0.2, 0.25) is 0 Å². The van der Waals surface area contributed by atoms with Gasteiger partial charge in [0, 0.05) is 5.69 Å². The Morgan fingerprint density at radius 1 is 1.39 bits per heavy atom. The van der Waals surface area contributed by atoms with E-state index in [0.717, 1.165) is 11.0 Å². The summed E-state index contributed by atoms with van der Waals surface area (Å²) in [6.07, 6.45) is -5.34. The molecule has 2 bridgehead atoms. The lowest BCUT2D eigenvalue weighted by atomic mass is 9.63. The molecule has 2 N–H and O–H groups in total. The van der Waals surface area contributed by atoms with Crippen molar-refractivity contribution >= 4 is 11.6 Å². The number of nitriles is 1. The van der Waals surface area contributed by atoms with E-state index in [-0.39, 0.29) is 5.69 Å². The largest absolute Gasteiger partial charge is 0.417 e. The number of benzene rings is 1. The molecular weight excluding hydrogens is 377 g/mol. The first-order valence-corrected chi connectivity index (χ1v) is 8.67. The summed E-state index contributed by atoms with van der Waals surface area (Å²) in [5.41, 5.74) is 1.99. The van der Waals surface area contributed by atoms with Crippen molar-refractivity contribution in [2.24, 2.45) is 11.0 Å². The van der Waals surface area contributed by atoms with Crippen LogP contribution in [0.15, 0.2) is 23.3 Å². The number of carbonyl (C=O) groups is 1. The highest BCUT2D eigenvalue weighted by Gasteiger charge is 2.81. The zero-order valence-corrected chi connectivity index (χ0v) is 15.0. The first-order valence-electron chi connectivity index (χ1n) is 8.67. The second-order valence-electron chi connectivity index (χ2n) is 7.93. The van der Waals surface area contributed by atoms with Gasteiger partial charge in [-0.3, -0.25) is 9.69 Å². The minimum Gasteiger partial charge on any atom is -0.373 e. The molecule has 3 heterocycles. The van der Waals surface area contributed by atoms with E-state index in [4.69, 9.17) is 15.5 Å². The third kappa shape index (κ3) is 1.98. The summed E-state index contributed by atoms with van der Waals surface area (Å²) in [7, 11) is 0. The summed E-state index contributed by atoms with van der Waals surface area (Å²) < 4.78 is 46.0. The molecule has 3 fully saturated rings. The molecule has 0 spiro atoms. The Bertz CT molecular complexity index is 945. The van der Waals surface area contributed by atoms with Gasteiger partial charge in [-0.05, 0) is 44.9 Å². The van der Waals surface area contributed by atoms with E-state index >= 15 is 0 Å². The van der Waals surface area contributed by atoms with Gasteiger partial charge in [0.1, 0.15) is 11.8 Å². The minimum atomic E-state index is -4.80. The van der Waals surface area contributed by atoms with Crippen LogP contribution in [0.4, 0.5) is 18.9 Å². The quantitative estimate of drug-likeness (QED) is 0.752. The predicted molar refractivity (Wildman–Crippen MR) is 88.1 cm³/mol. The smallest absolute Gasteiger partial charge is 0.373 e. The van der Waals surface area contributed by atoms with E-state index in [2.05, 4.69) is 5.11 Å². The predicted octanol–water partition coefficient (Wildman–Crippen LogP) is 2.97. The van der Waals surface area contributed by atoms with E-state index < -0.39 is 52.1 Å². The van der Waals surface area contributed by atoms with Crippen LogP contribution in [-0.4, -0.2) is 34.0 Å². The van der Waals surface area contributed by atoms with Crippen LogP contribution in [0.5, 0.6) is 0 Å². The number of nitrogens with one attached hydrogen (secondary N) is 1. The number of aliphatic hydroxyl groups excluding tert-OH is 1. The fourth-order valence-corrected chi connectivity index (χ4v) is 5.22. The van der Waals surface area contributed by atoms with E-state index in [1.165, 1.54) is 12.1 Å². The zero-order valence-electron chi connectivity index (χ0n) is 15.0. The lowest BCUT2D eigenvalue weighted by Crippen LogP contribution is -2.57. The maximum Gasteiger partial charge on any atom is 0.417 e. The number of nitrogens with zero attached hydrogens (tertiary/aromatic N) is 3. The fraction of sp³-hybridized carbons (Fsp3) is 0.556. The van der Waals surface area contributed by atoms with Crippen LogP contribution < -0.4 is 4.90 Å². The lowest BCUT2D eigenvalue weighted by Gasteiger charge is -2.37. The Balaban J connectivity index is 1.87. The summed E-state index contributed by atoms with van der Waals surface area (Å²) in [6, 6.07) is 4.30. The fourth-order valence-electron chi connectivity index (χ4n) is 5.22. The monoisotopic (exact) mass is 394 g/mol. The Hall–Kier alpha value is -2.51. The molecule has 0 aromatic heterocycles. The summed E-state index contributed by atoms with van der Waals surface area (Å²) >= 11 is 0. The van der Waals surface area contributed by atoms with Gasteiger partial charge in [0.25, 0.3) is 5.91 Å². The molecule has 0 saturated carbocycles. The standard InChI is InChI=1S/C18H17F3N4O3/c1-15-5-6-16(2,28-15)17(24-23)12(15)13(26)25(14(17)27)10-4-3-9(8-22)11(7-10)18(19,20)21/h3-4,7,12-13,23,26H,5-6H2,1-2H3/t12?,13-,15?,16?,17-/m1/s1. The van der Waals surface area contributed by atoms with Gasteiger partial charge in [-0.15, -0.1) is 0 Å². The molecule has 1 aromatic rings. The van der Waals surface area contributed by atoms with Gasteiger partial charge in [-0.2, -0.15) is 23.5 Å². The van der Waals surface area contributed by atoms with Gasteiger partial charge in [-0.25, -0.2) is 5.53 Å². The number of hydrogen-bond donors (Lipinski definition) is 2. The van der Waals surface area contributed by atoms with E-state index in [1.54, 1.807) is 13.8 Å². The molecule has 5 atom stereocenters. The SMILES string of the molecule is CC12CCC(C)(O1)[C@]1(N=N)C(=O)N(c3ccc(C#N)c(C(F)(F)F)c3)[C@H](O)C21. The van der Waals surface area contributed by atoms with Crippen molar-refractivity contribution in [2.45, 2.75) is 55.8 Å². The van der Waals surface area contributed by atoms with E-state index in [9.17, 15) is 23.1 Å². The van der Waals surface area contributed by atoms with Crippen molar-refractivity contribution in [3.05, 3.63) is 29.3 Å². The van der Waals surface area contributed by atoms with Crippen LogP contribution in [0, 0.1) is 22.8 Å². The highest BCUT2D eigenvalue weighted by molar-refractivity contribution is 6.05. The second-order valence-corrected chi connectivity index (χ2v) is 7.93. The Labute approximate surface area is 158 Å². The van der Waals surface area contributed by atoms with Crippen molar-refractivity contribution < 1.29 is 27.8 Å². The second kappa shape index (κ2) is 5.30. The van der Waals surface area contributed by atoms with Crippen molar-refractivity contribution in [2.75, 3.05) is 4.90 Å². The number of anilines is 1. The summed E-state index contributed by atoms with van der Waals surface area (Å²) in [5.74, 6) is -1.67. The number of ether oxygens (including phenoxy) is 1. The Kier molecular flexibility index (Phi) is 3.57. The Morgan fingerprint density at radius 2 is 2.07 bits per heavy atom. The topological polar surface area (TPSA) is 110 Å². The average Bonchev–Trinajstić information content (AvgIpc) is 3.14. The molecule has 4 rings (SSSR count). The molecule has 1 amide bonds. The number of aliphatic hydroxyl groups is 1. The first kappa shape index (κ1) is 18.8. The van der Waals surface area contributed by atoms with Crippen molar-refractivity contribution in [1.82, 2.24) is 0 Å². The number of carbonyl (C=O) groups excluding carboxylic acids is 1. The lowest BCUT2D eigenvalue weighted by molar-refractivity contribution is -0.138. The zero-order chi connectivity index (χ0) is 20.7. The van der Waals surface area contributed by atoms with Crippen LogP contribution >= 0.6 is 0 Å². The molecule has 3 aliphatic rings. The maximum absolute atomic E-state index is 13.3.